The van der Waals surface area contributed by atoms with Gasteiger partial charge < -0.3 is 15.8 Å². The second-order valence-electron chi connectivity index (χ2n) is 6.72. The van der Waals surface area contributed by atoms with Gasteiger partial charge in [-0.2, -0.15) is 14.6 Å². The fourth-order valence-corrected chi connectivity index (χ4v) is 2.85. The summed E-state index contributed by atoms with van der Waals surface area (Å²) in [5, 5.41) is 6.58. The first-order valence-electron chi connectivity index (χ1n) is 8.69. The maximum atomic E-state index is 12.7. The topological polar surface area (TPSA) is 107 Å². The molecule has 2 heterocycles. The first-order chi connectivity index (χ1) is 13.5. The van der Waals surface area contributed by atoms with Gasteiger partial charge in [-0.1, -0.05) is 6.07 Å². The van der Waals surface area contributed by atoms with Crippen LogP contribution >= 0.6 is 0 Å². The summed E-state index contributed by atoms with van der Waals surface area (Å²) in [5.74, 6) is -0.590. The van der Waals surface area contributed by atoms with E-state index in [1.54, 1.807) is 20.8 Å². The molecule has 3 rings (SSSR count). The monoisotopic (exact) mass is 408 g/mol. The second-order valence-corrected chi connectivity index (χ2v) is 6.72. The highest BCUT2D eigenvalue weighted by atomic mass is 19.4. The van der Waals surface area contributed by atoms with Gasteiger partial charge in [-0.15, -0.1) is 13.2 Å². The van der Waals surface area contributed by atoms with E-state index in [-0.39, 0.29) is 18.0 Å². The zero-order valence-corrected chi connectivity index (χ0v) is 15.9. The lowest BCUT2D eigenvalue weighted by Crippen LogP contribution is -2.31. The van der Waals surface area contributed by atoms with Gasteiger partial charge in [0, 0.05) is 23.7 Å². The number of fused-ring (bicyclic) bond motifs is 1. The summed E-state index contributed by atoms with van der Waals surface area (Å²) in [5.41, 5.74) is 7.72. The number of hydrogen-bond donors (Lipinski definition) is 2. The Bertz CT molecular complexity index is 1060. The van der Waals surface area contributed by atoms with Crippen LogP contribution in [0.3, 0.4) is 0 Å². The number of amides is 1. The Kier molecular flexibility index (Phi) is 5.31. The van der Waals surface area contributed by atoms with Crippen molar-refractivity contribution in [2.75, 3.05) is 5.73 Å². The van der Waals surface area contributed by atoms with Gasteiger partial charge in [0.25, 0.3) is 11.7 Å². The smallest absolute Gasteiger partial charge is 0.405 e. The molecule has 0 unspecified atom stereocenters. The average molecular weight is 408 g/mol. The number of aryl methyl sites for hydroxylation is 1. The van der Waals surface area contributed by atoms with E-state index in [4.69, 9.17) is 5.73 Å². The van der Waals surface area contributed by atoms with E-state index in [1.807, 2.05) is 0 Å². The van der Waals surface area contributed by atoms with Crippen molar-refractivity contribution in [3.63, 3.8) is 0 Å². The lowest BCUT2D eigenvalue weighted by molar-refractivity contribution is -0.274. The van der Waals surface area contributed by atoms with Crippen LogP contribution in [0.2, 0.25) is 0 Å². The second kappa shape index (κ2) is 7.57. The summed E-state index contributed by atoms with van der Waals surface area (Å²) in [7, 11) is 0. The number of nitrogen functional groups attached to an aromatic ring is 1. The van der Waals surface area contributed by atoms with Gasteiger partial charge in [-0.25, -0.2) is 4.98 Å². The fourth-order valence-electron chi connectivity index (χ4n) is 2.85. The Labute approximate surface area is 163 Å². The molecule has 3 N–H and O–H groups in total. The summed E-state index contributed by atoms with van der Waals surface area (Å²) in [6.45, 7) is 5.15. The van der Waals surface area contributed by atoms with Crippen LogP contribution in [0.15, 0.2) is 24.5 Å². The van der Waals surface area contributed by atoms with Crippen LogP contribution in [0, 0.1) is 6.92 Å². The molecule has 29 heavy (non-hydrogen) atoms. The maximum Gasteiger partial charge on any atom is 0.573 e. The van der Waals surface area contributed by atoms with E-state index in [2.05, 4.69) is 25.1 Å². The van der Waals surface area contributed by atoms with E-state index in [1.165, 1.54) is 23.0 Å². The summed E-state index contributed by atoms with van der Waals surface area (Å²) in [6.07, 6.45) is -3.37. The molecule has 0 saturated heterocycles. The first kappa shape index (κ1) is 20.4. The molecule has 11 heteroatoms. The Morgan fingerprint density at radius 1 is 1.34 bits per heavy atom. The molecule has 0 spiro atoms. The van der Waals surface area contributed by atoms with E-state index in [0.717, 1.165) is 6.07 Å². The van der Waals surface area contributed by atoms with Crippen LogP contribution in [0.1, 0.15) is 41.0 Å². The Balaban J connectivity index is 2.01. The predicted octanol–water partition coefficient (Wildman–Crippen LogP) is 2.64. The van der Waals surface area contributed by atoms with Crippen molar-refractivity contribution in [3.8, 4) is 5.75 Å². The molecule has 3 aromatic rings. The number of nitrogens with zero attached hydrogens (tertiary/aromatic N) is 4. The zero-order chi connectivity index (χ0) is 21.3. The third-order valence-electron chi connectivity index (χ3n) is 4.09. The number of carbonyl (C=O) groups is 1. The summed E-state index contributed by atoms with van der Waals surface area (Å²) in [4.78, 5) is 20.7. The standard InChI is InChI=1S/C18H19F3N6O2/c1-9(2)25-16(28)13-7-11(4-5-14(13)29-18(19,20)21)6-12-10(3)26-17-23-8-24-27(17)15(12)22/h4-5,7-9H,6,22H2,1-3H3,(H,25,28). The number of halogens is 3. The number of benzene rings is 1. The van der Waals surface area contributed by atoms with E-state index < -0.39 is 18.0 Å². The quantitative estimate of drug-likeness (QED) is 0.672. The molecule has 0 aliphatic rings. The number of hydrogen-bond acceptors (Lipinski definition) is 6. The molecule has 8 nitrogen and oxygen atoms in total. The largest absolute Gasteiger partial charge is 0.573 e. The highest BCUT2D eigenvalue weighted by Gasteiger charge is 2.33. The third-order valence-corrected chi connectivity index (χ3v) is 4.09. The molecule has 1 amide bonds. The molecular weight excluding hydrogens is 389 g/mol. The van der Waals surface area contributed by atoms with Crippen LogP contribution in [0.25, 0.3) is 5.78 Å². The summed E-state index contributed by atoms with van der Waals surface area (Å²) >= 11 is 0. The van der Waals surface area contributed by atoms with E-state index in [0.29, 0.717) is 28.4 Å². The molecule has 0 atom stereocenters. The number of anilines is 1. The Hall–Kier alpha value is -3.37. The SMILES string of the molecule is Cc1nc2ncnn2c(N)c1Cc1ccc(OC(F)(F)F)c(C(=O)NC(C)C)c1. The molecule has 2 aromatic heterocycles. The van der Waals surface area contributed by atoms with Crippen LogP contribution in [0.4, 0.5) is 19.0 Å². The van der Waals surface area contributed by atoms with Crippen LogP contribution < -0.4 is 15.8 Å². The number of alkyl halides is 3. The zero-order valence-electron chi connectivity index (χ0n) is 15.9. The van der Waals surface area contributed by atoms with E-state index >= 15 is 0 Å². The van der Waals surface area contributed by atoms with Gasteiger partial charge in [-0.05, 0) is 38.5 Å². The number of aromatic nitrogens is 4. The van der Waals surface area contributed by atoms with Crippen molar-refractivity contribution in [2.45, 2.75) is 39.6 Å². The first-order valence-corrected chi connectivity index (χ1v) is 8.69. The minimum Gasteiger partial charge on any atom is -0.405 e. The summed E-state index contributed by atoms with van der Waals surface area (Å²) in [6, 6.07) is 3.65. The molecule has 0 fully saturated rings. The molecular formula is C18H19F3N6O2. The van der Waals surface area contributed by atoms with Crippen molar-refractivity contribution in [1.29, 1.82) is 0 Å². The van der Waals surface area contributed by atoms with Crippen molar-refractivity contribution in [1.82, 2.24) is 24.9 Å². The molecule has 0 aliphatic heterocycles. The van der Waals surface area contributed by atoms with Crippen LogP contribution in [-0.4, -0.2) is 37.9 Å². The number of nitrogens with two attached hydrogens (primary N) is 1. The Morgan fingerprint density at radius 2 is 2.07 bits per heavy atom. The average Bonchev–Trinajstić information content (AvgIpc) is 3.06. The van der Waals surface area contributed by atoms with Crippen molar-refractivity contribution < 1.29 is 22.7 Å². The molecule has 154 valence electrons. The van der Waals surface area contributed by atoms with Crippen LogP contribution in [-0.2, 0) is 6.42 Å². The Morgan fingerprint density at radius 3 is 2.72 bits per heavy atom. The van der Waals surface area contributed by atoms with Gasteiger partial charge in [0.15, 0.2) is 0 Å². The highest BCUT2D eigenvalue weighted by molar-refractivity contribution is 5.97. The molecule has 0 bridgehead atoms. The van der Waals surface area contributed by atoms with Gasteiger partial charge in [0.2, 0.25) is 0 Å². The van der Waals surface area contributed by atoms with Crippen molar-refractivity contribution >= 4 is 17.5 Å². The maximum absolute atomic E-state index is 12.7. The highest BCUT2D eigenvalue weighted by Crippen LogP contribution is 2.29. The number of carbonyl (C=O) groups excluding carboxylic acids is 1. The molecule has 0 radical (unpaired) electrons. The van der Waals surface area contributed by atoms with Gasteiger partial charge in [0.05, 0.1) is 5.56 Å². The van der Waals surface area contributed by atoms with E-state index in [9.17, 15) is 18.0 Å². The fraction of sp³-hybridized carbons (Fsp3) is 0.333. The lowest BCUT2D eigenvalue weighted by Gasteiger charge is -2.16. The van der Waals surface area contributed by atoms with Crippen molar-refractivity contribution in [3.05, 3.63) is 46.9 Å². The molecule has 0 aliphatic carbocycles. The minimum atomic E-state index is -4.92. The number of rotatable bonds is 5. The van der Waals surface area contributed by atoms with Crippen LogP contribution in [0.5, 0.6) is 5.75 Å². The predicted molar refractivity (Wildman–Crippen MR) is 98.5 cm³/mol. The number of nitrogens with one attached hydrogen (secondary N) is 1. The van der Waals surface area contributed by atoms with Gasteiger partial charge in [-0.3, -0.25) is 4.79 Å². The molecule has 1 aromatic carbocycles. The molecule has 0 saturated carbocycles. The third kappa shape index (κ3) is 4.55. The van der Waals surface area contributed by atoms with Gasteiger partial charge in [0.1, 0.15) is 17.9 Å². The lowest BCUT2D eigenvalue weighted by atomic mass is 10.0. The van der Waals surface area contributed by atoms with Crippen molar-refractivity contribution in [2.24, 2.45) is 0 Å². The number of ether oxygens (including phenoxy) is 1. The normalized spacial score (nSPS) is 11.8. The minimum absolute atomic E-state index is 0.223. The summed E-state index contributed by atoms with van der Waals surface area (Å²) < 4.78 is 43.6. The van der Waals surface area contributed by atoms with Gasteiger partial charge >= 0.3 is 6.36 Å².